The van der Waals surface area contributed by atoms with Crippen LogP contribution in [0.1, 0.15) is 36.7 Å². The molecule has 0 aliphatic carbocycles. The molecular weight excluding hydrogens is 472 g/mol. The molecule has 0 saturated carbocycles. The number of aromatic nitrogens is 2. The monoisotopic (exact) mass is 499 g/mol. The number of anilines is 1. The zero-order valence-corrected chi connectivity index (χ0v) is 20.9. The fourth-order valence-corrected chi connectivity index (χ4v) is 5.31. The van der Waals surface area contributed by atoms with Crippen LogP contribution in [-0.2, 0) is 7.05 Å². The first-order valence-electron chi connectivity index (χ1n) is 12.2. The Morgan fingerprint density at radius 1 is 0.919 bits per heavy atom. The molecule has 5 rings (SSSR count). The minimum Gasteiger partial charge on any atom is -0.364 e. The molecule has 4 aromatic rings. The molecule has 3 heterocycles. The second kappa shape index (κ2) is 9.75. The van der Waals surface area contributed by atoms with Gasteiger partial charge >= 0.3 is 0 Å². The molecule has 6 nitrogen and oxygen atoms in total. The number of rotatable bonds is 4. The second-order valence-electron chi connectivity index (χ2n) is 9.66. The molecule has 2 aromatic heterocycles. The second-order valence-corrected chi connectivity index (χ2v) is 9.66. The maximum atomic E-state index is 13.7. The van der Waals surface area contributed by atoms with E-state index >= 15 is 0 Å². The lowest BCUT2D eigenvalue weighted by molar-refractivity contribution is 0.130. The van der Waals surface area contributed by atoms with Crippen LogP contribution in [0.4, 0.5) is 14.5 Å². The van der Waals surface area contributed by atoms with E-state index in [1.807, 2.05) is 0 Å². The number of pyridine rings is 2. The van der Waals surface area contributed by atoms with Crippen LogP contribution < -0.4 is 10.5 Å². The quantitative estimate of drug-likeness (QED) is 0.405. The van der Waals surface area contributed by atoms with Crippen molar-refractivity contribution < 1.29 is 8.78 Å². The average Bonchev–Trinajstić information content (AvgIpc) is 2.90. The smallest absolute Gasteiger partial charge is 0.252 e. The number of piperazine rings is 1. The summed E-state index contributed by atoms with van der Waals surface area (Å²) in [6.07, 6.45) is 0. The Morgan fingerprint density at radius 2 is 1.51 bits per heavy atom. The van der Waals surface area contributed by atoms with Crippen molar-refractivity contribution in [3.8, 4) is 6.07 Å². The summed E-state index contributed by atoms with van der Waals surface area (Å²) in [7, 11) is 1.70. The SMILES string of the molecule is C[C@@H]1CN(C(c2ccc(F)cc2)c2ccc(F)cc2)[C@H](C)CN1c1cc(=O)n(C)c2ccc(C#N)nc12. The fraction of sp³-hybridized carbons (Fsp3) is 0.276. The van der Waals surface area contributed by atoms with E-state index in [4.69, 9.17) is 0 Å². The van der Waals surface area contributed by atoms with Crippen LogP contribution in [0.25, 0.3) is 11.0 Å². The lowest BCUT2D eigenvalue weighted by Gasteiger charge is -2.48. The van der Waals surface area contributed by atoms with Gasteiger partial charge in [0.1, 0.15) is 28.9 Å². The molecule has 37 heavy (non-hydrogen) atoms. The van der Waals surface area contributed by atoms with Gasteiger partial charge in [0.05, 0.1) is 17.2 Å². The minimum atomic E-state index is -0.311. The zero-order valence-electron chi connectivity index (χ0n) is 20.9. The van der Waals surface area contributed by atoms with Crippen LogP contribution in [0.2, 0.25) is 0 Å². The van der Waals surface area contributed by atoms with E-state index in [1.165, 1.54) is 28.8 Å². The Hall–Kier alpha value is -4.09. The molecule has 0 N–H and O–H groups in total. The molecule has 0 amide bonds. The Labute approximate surface area is 214 Å². The summed E-state index contributed by atoms with van der Waals surface area (Å²) < 4.78 is 29.0. The number of fused-ring (bicyclic) bond motifs is 1. The van der Waals surface area contributed by atoms with E-state index < -0.39 is 0 Å². The third-order valence-corrected chi connectivity index (χ3v) is 7.23. The molecule has 8 heteroatoms. The van der Waals surface area contributed by atoms with Crippen LogP contribution in [0.5, 0.6) is 0 Å². The molecule has 1 fully saturated rings. The van der Waals surface area contributed by atoms with Gasteiger partial charge in [-0.05, 0) is 61.4 Å². The van der Waals surface area contributed by atoms with Crippen LogP contribution in [0.3, 0.4) is 0 Å². The predicted octanol–water partition coefficient (Wildman–Crippen LogP) is 4.77. The molecule has 2 aromatic carbocycles. The molecular formula is C29H27F2N5O. The van der Waals surface area contributed by atoms with E-state index in [0.717, 1.165) is 11.1 Å². The molecule has 0 unspecified atom stereocenters. The fourth-order valence-electron chi connectivity index (χ4n) is 5.31. The van der Waals surface area contributed by atoms with Gasteiger partial charge in [-0.3, -0.25) is 9.69 Å². The summed E-state index contributed by atoms with van der Waals surface area (Å²) in [5.41, 5.74) is 3.96. The molecule has 1 saturated heterocycles. The van der Waals surface area contributed by atoms with E-state index in [1.54, 1.807) is 49.5 Å². The topological polar surface area (TPSA) is 65.2 Å². The molecule has 0 bridgehead atoms. The highest BCUT2D eigenvalue weighted by Crippen LogP contribution is 2.36. The zero-order chi connectivity index (χ0) is 26.3. The average molecular weight is 500 g/mol. The Kier molecular flexibility index (Phi) is 6.48. The van der Waals surface area contributed by atoms with Gasteiger partial charge in [0.15, 0.2) is 0 Å². The van der Waals surface area contributed by atoms with Gasteiger partial charge in [-0.1, -0.05) is 24.3 Å². The van der Waals surface area contributed by atoms with Crippen molar-refractivity contribution in [1.29, 1.82) is 5.26 Å². The Morgan fingerprint density at radius 3 is 2.08 bits per heavy atom. The van der Waals surface area contributed by atoms with Gasteiger partial charge in [-0.25, -0.2) is 13.8 Å². The van der Waals surface area contributed by atoms with Crippen LogP contribution in [-0.4, -0.2) is 39.6 Å². The summed E-state index contributed by atoms with van der Waals surface area (Å²) in [6, 6.07) is 19.7. The van der Waals surface area contributed by atoms with Crippen molar-refractivity contribution in [2.24, 2.45) is 7.05 Å². The van der Waals surface area contributed by atoms with Crippen LogP contribution in [0, 0.1) is 23.0 Å². The highest BCUT2D eigenvalue weighted by molar-refractivity contribution is 5.89. The molecule has 188 valence electrons. The number of halogens is 2. The van der Waals surface area contributed by atoms with Gasteiger partial charge in [0.25, 0.3) is 5.56 Å². The summed E-state index contributed by atoms with van der Waals surface area (Å²) in [5, 5.41) is 9.41. The van der Waals surface area contributed by atoms with Gasteiger partial charge in [0.2, 0.25) is 0 Å². The molecule has 2 atom stereocenters. The van der Waals surface area contributed by atoms with Crippen molar-refractivity contribution in [2.75, 3.05) is 18.0 Å². The number of hydrogen-bond donors (Lipinski definition) is 0. The number of aryl methyl sites for hydroxylation is 1. The van der Waals surface area contributed by atoms with E-state index in [-0.39, 0.29) is 35.3 Å². The van der Waals surface area contributed by atoms with E-state index in [9.17, 15) is 18.8 Å². The molecule has 1 aliphatic heterocycles. The maximum absolute atomic E-state index is 13.7. The van der Waals surface area contributed by atoms with Crippen molar-refractivity contribution in [3.63, 3.8) is 0 Å². The predicted molar refractivity (Wildman–Crippen MR) is 139 cm³/mol. The van der Waals surface area contributed by atoms with Gasteiger partial charge in [-0.15, -0.1) is 0 Å². The van der Waals surface area contributed by atoms with Gasteiger partial charge in [-0.2, -0.15) is 5.26 Å². The Bertz CT molecular complexity index is 1500. The largest absolute Gasteiger partial charge is 0.364 e. The number of nitriles is 1. The normalized spacial score (nSPS) is 18.4. The summed E-state index contributed by atoms with van der Waals surface area (Å²) in [6.45, 7) is 5.43. The summed E-state index contributed by atoms with van der Waals surface area (Å²) in [5.74, 6) is -0.621. The van der Waals surface area contributed by atoms with E-state index in [0.29, 0.717) is 35.5 Å². The van der Waals surface area contributed by atoms with Crippen LogP contribution >= 0.6 is 0 Å². The first-order chi connectivity index (χ1) is 17.8. The summed E-state index contributed by atoms with van der Waals surface area (Å²) >= 11 is 0. The maximum Gasteiger partial charge on any atom is 0.252 e. The van der Waals surface area contributed by atoms with Gasteiger partial charge in [0, 0.05) is 38.3 Å². The standard InChI is InChI=1S/C29H27F2N5O/c1-18-17-36(29(20-4-8-22(30)9-5-20)21-6-10-23(31)11-7-21)19(2)16-35(18)26-14-27(37)34(3)25-13-12-24(15-32)33-28(25)26/h4-14,18-19,29H,16-17H2,1-3H3/t18-,19-/m1/s1. The lowest BCUT2D eigenvalue weighted by atomic mass is 9.93. The van der Waals surface area contributed by atoms with E-state index in [2.05, 4.69) is 34.7 Å². The molecule has 0 radical (unpaired) electrons. The molecule has 1 aliphatic rings. The molecule has 0 spiro atoms. The number of nitrogens with zero attached hydrogens (tertiary/aromatic N) is 5. The van der Waals surface area contributed by atoms with Crippen molar-refractivity contribution >= 4 is 16.7 Å². The summed E-state index contributed by atoms with van der Waals surface area (Å²) in [4.78, 5) is 21.9. The highest BCUT2D eigenvalue weighted by Gasteiger charge is 2.36. The first-order valence-corrected chi connectivity index (χ1v) is 12.2. The van der Waals surface area contributed by atoms with Crippen molar-refractivity contribution in [3.05, 3.63) is 106 Å². The third kappa shape index (κ3) is 4.58. The Balaban J connectivity index is 1.55. The minimum absolute atomic E-state index is 0.0116. The lowest BCUT2D eigenvalue weighted by Crippen LogP contribution is -2.57. The van der Waals surface area contributed by atoms with Gasteiger partial charge < -0.3 is 9.47 Å². The highest BCUT2D eigenvalue weighted by atomic mass is 19.1. The van der Waals surface area contributed by atoms with Crippen molar-refractivity contribution in [1.82, 2.24) is 14.5 Å². The first kappa shape index (κ1) is 24.6. The van der Waals surface area contributed by atoms with Crippen LogP contribution in [0.15, 0.2) is 71.5 Å². The third-order valence-electron chi connectivity index (χ3n) is 7.23. The van der Waals surface area contributed by atoms with Crippen molar-refractivity contribution in [2.45, 2.75) is 32.0 Å². The number of benzene rings is 2. The number of hydrogen-bond acceptors (Lipinski definition) is 5.